The molecule has 3 saturated heterocycles. The second-order valence-corrected chi connectivity index (χ2v) is 13.4. The lowest BCUT2D eigenvalue weighted by molar-refractivity contribution is -0.143. The Bertz CT molecular complexity index is 1390. The predicted molar refractivity (Wildman–Crippen MR) is 179 cm³/mol. The van der Waals surface area contributed by atoms with Gasteiger partial charge in [-0.3, -0.25) is 9.69 Å². The molecule has 3 fully saturated rings. The molecular formula is C34H46ClN7O4. The first-order valence-corrected chi connectivity index (χ1v) is 17.0. The zero-order valence-electron chi connectivity index (χ0n) is 26.7. The summed E-state index contributed by atoms with van der Waals surface area (Å²) >= 11 is 6.39. The van der Waals surface area contributed by atoms with Gasteiger partial charge in [-0.05, 0) is 80.9 Å². The van der Waals surface area contributed by atoms with E-state index < -0.39 is 12.2 Å². The van der Waals surface area contributed by atoms with Crippen LogP contribution in [-0.2, 0) is 22.4 Å². The minimum absolute atomic E-state index is 0.0203. The molecule has 1 atom stereocenters. The van der Waals surface area contributed by atoms with Crippen molar-refractivity contribution in [1.29, 1.82) is 0 Å². The van der Waals surface area contributed by atoms with Gasteiger partial charge >= 0.3 is 12.1 Å². The minimum atomic E-state index is -0.982. The number of likely N-dealkylation sites (tertiary alicyclic amines) is 1. The number of hydrogen-bond donors (Lipinski definition) is 3. The lowest BCUT2D eigenvalue weighted by Gasteiger charge is -2.41. The number of carbonyl (C=O) groups is 3. The Morgan fingerprint density at radius 1 is 0.957 bits per heavy atom. The van der Waals surface area contributed by atoms with Crippen LogP contribution in [0, 0.1) is 6.92 Å². The fraction of sp³-hybridized carbons (Fsp3) is 0.559. The highest BCUT2D eigenvalue weighted by Crippen LogP contribution is 2.27. The number of piperazine rings is 1. The van der Waals surface area contributed by atoms with Crippen molar-refractivity contribution < 1.29 is 19.1 Å². The molecule has 4 heterocycles. The van der Waals surface area contributed by atoms with Crippen LogP contribution in [0.3, 0.4) is 0 Å². The van der Waals surface area contributed by atoms with Gasteiger partial charge in [-0.25, -0.2) is 9.59 Å². The molecule has 6 rings (SSSR count). The average molecular weight is 652 g/mol. The summed E-state index contributed by atoms with van der Waals surface area (Å²) in [4.78, 5) is 48.5. The van der Waals surface area contributed by atoms with Crippen LogP contribution < -0.4 is 16.4 Å². The van der Waals surface area contributed by atoms with Crippen LogP contribution in [0.1, 0.15) is 42.4 Å². The minimum Gasteiger partial charge on any atom is -0.436 e. The van der Waals surface area contributed by atoms with Gasteiger partial charge in [0.05, 0.1) is 10.7 Å². The first-order valence-electron chi connectivity index (χ1n) is 16.7. The van der Waals surface area contributed by atoms with Gasteiger partial charge in [-0.1, -0.05) is 35.9 Å². The van der Waals surface area contributed by atoms with Crippen LogP contribution in [0.25, 0.3) is 0 Å². The molecule has 4 amide bonds. The van der Waals surface area contributed by atoms with Crippen molar-refractivity contribution >= 4 is 41.0 Å². The monoisotopic (exact) mass is 651 g/mol. The number of piperidine rings is 2. The summed E-state index contributed by atoms with van der Waals surface area (Å²) in [6, 6.07) is 12.0. The number of nitrogen functional groups attached to an aromatic ring is 1. The summed E-state index contributed by atoms with van der Waals surface area (Å²) in [5, 5.41) is 6.89. The van der Waals surface area contributed by atoms with E-state index in [2.05, 4.69) is 15.5 Å². The molecule has 2 aromatic rings. The van der Waals surface area contributed by atoms with Crippen LogP contribution >= 0.6 is 11.6 Å². The van der Waals surface area contributed by atoms with Gasteiger partial charge in [0.25, 0.3) is 5.91 Å². The van der Waals surface area contributed by atoms with Crippen LogP contribution in [-0.4, -0.2) is 115 Å². The fourth-order valence-corrected chi connectivity index (χ4v) is 7.60. The first kappa shape index (κ1) is 32.4. The van der Waals surface area contributed by atoms with Crippen molar-refractivity contribution in [2.24, 2.45) is 0 Å². The molecule has 0 aromatic heterocycles. The second-order valence-electron chi connectivity index (χ2n) is 13.0. The van der Waals surface area contributed by atoms with E-state index in [1.54, 1.807) is 11.0 Å². The van der Waals surface area contributed by atoms with Gasteiger partial charge in [0.1, 0.15) is 0 Å². The third kappa shape index (κ3) is 7.37. The molecule has 0 radical (unpaired) electrons. The number of nitrogens with zero attached hydrogens (tertiary/aromatic N) is 4. The lowest BCUT2D eigenvalue weighted by atomic mass is 10.0. The van der Waals surface area contributed by atoms with Crippen molar-refractivity contribution in [1.82, 2.24) is 24.9 Å². The molecule has 0 unspecified atom stereocenters. The Morgan fingerprint density at radius 3 is 2.39 bits per heavy atom. The van der Waals surface area contributed by atoms with E-state index in [0.717, 1.165) is 67.8 Å². The number of nitrogens with one attached hydrogen (secondary N) is 2. The number of nitrogens with two attached hydrogens (primary N) is 1. The third-order valence-electron chi connectivity index (χ3n) is 10.1. The Labute approximate surface area is 276 Å². The number of anilines is 2. The largest absolute Gasteiger partial charge is 0.436 e. The topological polar surface area (TPSA) is 123 Å². The van der Waals surface area contributed by atoms with Crippen LogP contribution in [0.4, 0.5) is 21.0 Å². The van der Waals surface area contributed by atoms with Gasteiger partial charge in [-0.15, -0.1) is 0 Å². The smallest absolute Gasteiger partial charge is 0.410 e. The summed E-state index contributed by atoms with van der Waals surface area (Å²) in [7, 11) is 0. The number of para-hydroxylation sites is 1. The Kier molecular flexibility index (Phi) is 10.2. The molecular weight excluding hydrogens is 606 g/mol. The molecule has 4 N–H and O–H groups in total. The predicted octanol–water partition coefficient (Wildman–Crippen LogP) is 3.73. The zero-order valence-corrected chi connectivity index (χ0v) is 27.4. The number of hydrogen-bond acceptors (Lipinski definition) is 7. The normalized spacial score (nSPS) is 20.9. The maximum absolute atomic E-state index is 14.0. The number of halogens is 1. The number of benzene rings is 2. The van der Waals surface area contributed by atoms with Crippen LogP contribution in [0.2, 0.25) is 5.02 Å². The van der Waals surface area contributed by atoms with Crippen LogP contribution in [0.5, 0.6) is 0 Å². The average Bonchev–Trinajstić information content (AvgIpc) is 3.25. The molecule has 4 aliphatic rings. The van der Waals surface area contributed by atoms with E-state index in [-0.39, 0.29) is 24.4 Å². The second kappa shape index (κ2) is 14.5. The van der Waals surface area contributed by atoms with Crippen LogP contribution in [0.15, 0.2) is 36.4 Å². The highest BCUT2D eigenvalue weighted by molar-refractivity contribution is 6.33. The highest BCUT2D eigenvalue weighted by atomic mass is 35.5. The molecule has 4 aliphatic heterocycles. The van der Waals surface area contributed by atoms with Crippen molar-refractivity contribution in [2.75, 3.05) is 70.0 Å². The standard InChI is InChI=1S/C34H46ClN7O4/c1-23-20-24(21-28(35)31(23)36)22-30(32(43)40-18-16-39(17-19-40)26-6-11-37-12-7-26)46-34(45)41-13-9-27(10-14-41)42-15-8-25-4-2-3-5-29(25)38-33(42)44/h2-5,20-21,26-27,30,37H,6-19,22,36H2,1H3,(H,38,44)/t30-/m1/s1. The number of aryl methyl sites for hydroxylation is 1. The van der Waals surface area contributed by atoms with Gasteiger partial charge in [0.15, 0.2) is 6.10 Å². The number of ether oxygens (including phenoxy) is 1. The first-order chi connectivity index (χ1) is 22.3. The third-order valence-corrected chi connectivity index (χ3v) is 10.4. The Hall–Kier alpha value is -3.54. The molecule has 0 aliphatic carbocycles. The fourth-order valence-electron chi connectivity index (χ4n) is 7.32. The van der Waals surface area contributed by atoms with Gasteiger partial charge in [-0.2, -0.15) is 0 Å². The van der Waals surface area contributed by atoms with E-state index in [4.69, 9.17) is 22.1 Å². The summed E-state index contributed by atoms with van der Waals surface area (Å²) in [5.41, 5.74) is 10.2. The van der Waals surface area contributed by atoms with E-state index >= 15 is 0 Å². The maximum Gasteiger partial charge on any atom is 0.410 e. The molecule has 2 aromatic carbocycles. The van der Waals surface area contributed by atoms with E-state index in [1.165, 1.54) is 0 Å². The molecule has 0 bridgehead atoms. The molecule has 46 heavy (non-hydrogen) atoms. The van der Waals surface area contributed by atoms with Gasteiger partial charge < -0.3 is 35.8 Å². The summed E-state index contributed by atoms with van der Waals surface area (Å²) < 4.78 is 6.03. The number of carbonyl (C=O) groups excluding carboxylic acids is 3. The quantitative estimate of drug-likeness (QED) is 0.407. The molecule has 12 heteroatoms. The van der Waals surface area contributed by atoms with Crippen molar-refractivity contribution in [3.05, 3.63) is 58.1 Å². The maximum atomic E-state index is 14.0. The SMILES string of the molecule is Cc1cc(C[C@@H](OC(=O)N2CCC(N3CCc4ccccc4NC3=O)CC2)C(=O)N2CCN(C3CCNCC3)CC2)cc(Cl)c1N. The zero-order chi connectivity index (χ0) is 32.2. The molecule has 248 valence electrons. The Balaban J connectivity index is 1.09. The van der Waals surface area contributed by atoms with E-state index in [9.17, 15) is 14.4 Å². The summed E-state index contributed by atoms with van der Waals surface area (Å²) in [5.74, 6) is -0.181. The van der Waals surface area contributed by atoms with Crippen molar-refractivity contribution in [3.63, 3.8) is 0 Å². The van der Waals surface area contributed by atoms with Crippen molar-refractivity contribution in [2.45, 2.75) is 63.6 Å². The van der Waals surface area contributed by atoms with E-state index in [0.29, 0.717) is 62.3 Å². The van der Waals surface area contributed by atoms with Crippen molar-refractivity contribution in [3.8, 4) is 0 Å². The number of fused-ring (bicyclic) bond motifs is 1. The van der Waals surface area contributed by atoms with Gasteiger partial charge in [0.2, 0.25) is 0 Å². The lowest BCUT2D eigenvalue weighted by Crippen LogP contribution is -2.56. The number of urea groups is 1. The molecule has 0 saturated carbocycles. The summed E-state index contributed by atoms with van der Waals surface area (Å²) in [6.45, 7) is 8.29. The number of amides is 4. The van der Waals surface area contributed by atoms with E-state index in [1.807, 2.05) is 47.1 Å². The molecule has 11 nitrogen and oxygen atoms in total. The molecule has 0 spiro atoms. The Morgan fingerprint density at radius 2 is 1.67 bits per heavy atom. The number of rotatable bonds is 6. The summed E-state index contributed by atoms with van der Waals surface area (Å²) in [6.07, 6.45) is 3.04. The highest BCUT2D eigenvalue weighted by Gasteiger charge is 2.36. The van der Waals surface area contributed by atoms with Gasteiger partial charge in [0, 0.05) is 70.0 Å².